The van der Waals surface area contributed by atoms with E-state index < -0.39 is 11.7 Å². The fraction of sp³-hybridized carbons (Fsp3) is 0.286. The van der Waals surface area contributed by atoms with E-state index >= 15 is 0 Å². The Kier molecular flexibility index (Phi) is 4.30. The van der Waals surface area contributed by atoms with E-state index in [4.69, 9.17) is 4.42 Å². The highest BCUT2D eigenvalue weighted by Gasteiger charge is 2.30. The minimum Gasteiger partial charge on any atom is -0.449 e. The predicted molar refractivity (Wildman–Crippen MR) is 69.6 cm³/mol. The molecule has 0 atom stereocenters. The lowest BCUT2D eigenvalue weighted by molar-refractivity contribution is -0.137. The van der Waals surface area contributed by atoms with Crippen LogP contribution in [-0.2, 0) is 17.4 Å². The molecule has 0 aliphatic rings. The van der Waals surface area contributed by atoms with Crippen LogP contribution in [0, 0.1) is 6.92 Å². The topological polar surface area (TPSA) is 55.1 Å². The van der Waals surface area contributed by atoms with Crippen molar-refractivity contribution in [2.75, 3.05) is 5.32 Å². The molecule has 0 aliphatic heterocycles. The molecule has 2 rings (SSSR count). The van der Waals surface area contributed by atoms with E-state index in [9.17, 15) is 18.0 Å². The number of carbonyl (C=O) groups is 1. The SMILES string of the molecule is Cc1nc(CCC(=O)Nc2cccc(C(F)(F)F)c2)co1. The Morgan fingerprint density at radius 1 is 1.38 bits per heavy atom. The molecule has 0 saturated carbocycles. The highest BCUT2D eigenvalue weighted by Crippen LogP contribution is 2.30. The van der Waals surface area contributed by atoms with Gasteiger partial charge in [0.15, 0.2) is 5.89 Å². The van der Waals surface area contributed by atoms with Gasteiger partial charge in [0.05, 0.1) is 11.3 Å². The number of benzene rings is 1. The second-order valence-corrected chi connectivity index (χ2v) is 4.48. The zero-order valence-electron chi connectivity index (χ0n) is 11.2. The number of oxazole rings is 1. The number of alkyl halides is 3. The third-order valence-electron chi connectivity index (χ3n) is 2.75. The molecule has 112 valence electrons. The molecule has 0 radical (unpaired) electrons. The van der Waals surface area contributed by atoms with Crippen molar-refractivity contribution in [1.29, 1.82) is 0 Å². The number of aromatic nitrogens is 1. The smallest absolute Gasteiger partial charge is 0.416 e. The van der Waals surface area contributed by atoms with Gasteiger partial charge in [-0.3, -0.25) is 4.79 Å². The van der Waals surface area contributed by atoms with Crippen LogP contribution in [0.1, 0.15) is 23.6 Å². The van der Waals surface area contributed by atoms with Gasteiger partial charge in [-0.15, -0.1) is 0 Å². The fourth-order valence-electron chi connectivity index (χ4n) is 1.76. The van der Waals surface area contributed by atoms with Crippen LogP contribution in [0.2, 0.25) is 0 Å². The summed E-state index contributed by atoms with van der Waals surface area (Å²) in [7, 11) is 0. The van der Waals surface area contributed by atoms with Crippen molar-refractivity contribution >= 4 is 11.6 Å². The minimum absolute atomic E-state index is 0.113. The maximum atomic E-state index is 12.5. The van der Waals surface area contributed by atoms with Crippen LogP contribution in [0.4, 0.5) is 18.9 Å². The normalized spacial score (nSPS) is 11.4. The Morgan fingerprint density at radius 2 is 2.14 bits per heavy atom. The molecule has 0 saturated heterocycles. The Hall–Kier alpha value is -2.31. The number of hydrogen-bond acceptors (Lipinski definition) is 3. The molecule has 0 unspecified atom stereocenters. The number of rotatable bonds is 4. The molecule has 0 aliphatic carbocycles. The molecule has 0 spiro atoms. The maximum Gasteiger partial charge on any atom is 0.416 e. The van der Waals surface area contributed by atoms with Gasteiger partial charge in [0.2, 0.25) is 5.91 Å². The lowest BCUT2D eigenvalue weighted by Gasteiger charge is -2.09. The molecule has 1 N–H and O–H groups in total. The van der Waals surface area contributed by atoms with E-state index in [0.717, 1.165) is 12.1 Å². The number of hydrogen-bond donors (Lipinski definition) is 1. The van der Waals surface area contributed by atoms with Crippen molar-refractivity contribution in [2.45, 2.75) is 25.9 Å². The molecule has 1 aromatic heterocycles. The highest BCUT2D eigenvalue weighted by molar-refractivity contribution is 5.90. The summed E-state index contributed by atoms with van der Waals surface area (Å²) >= 11 is 0. The molecule has 0 fully saturated rings. The molecule has 1 heterocycles. The Balaban J connectivity index is 1.93. The molecule has 1 amide bonds. The third kappa shape index (κ3) is 4.34. The lowest BCUT2D eigenvalue weighted by atomic mass is 10.2. The van der Waals surface area contributed by atoms with E-state index in [1.54, 1.807) is 6.92 Å². The van der Waals surface area contributed by atoms with E-state index in [1.165, 1.54) is 18.4 Å². The largest absolute Gasteiger partial charge is 0.449 e. The van der Waals surface area contributed by atoms with Gasteiger partial charge in [0, 0.05) is 25.5 Å². The number of carbonyl (C=O) groups excluding carboxylic acids is 1. The van der Waals surface area contributed by atoms with Gasteiger partial charge in [-0.05, 0) is 18.2 Å². The Bertz CT molecular complexity index is 635. The summed E-state index contributed by atoms with van der Waals surface area (Å²) in [5.74, 6) is 0.123. The van der Waals surface area contributed by atoms with Gasteiger partial charge < -0.3 is 9.73 Å². The summed E-state index contributed by atoms with van der Waals surface area (Å²) in [6.45, 7) is 1.69. The van der Waals surface area contributed by atoms with Crippen LogP contribution in [0.3, 0.4) is 0 Å². The lowest BCUT2D eigenvalue weighted by Crippen LogP contribution is -2.13. The average Bonchev–Trinajstić information content (AvgIpc) is 2.82. The third-order valence-corrected chi connectivity index (χ3v) is 2.75. The van der Waals surface area contributed by atoms with Crippen molar-refractivity contribution in [1.82, 2.24) is 4.98 Å². The van der Waals surface area contributed by atoms with Gasteiger partial charge in [0.1, 0.15) is 6.26 Å². The summed E-state index contributed by atoms with van der Waals surface area (Å²) in [6.07, 6.45) is -2.50. The molecule has 21 heavy (non-hydrogen) atoms. The quantitative estimate of drug-likeness (QED) is 0.938. The van der Waals surface area contributed by atoms with Gasteiger partial charge in [-0.1, -0.05) is 6.07 Å². The van der Waals surface area contributed by atoms with Gasteiger partial charge >= 0.3 is 6.18 Å². The molecule has 0 bridgehead atoms. The van der Waals surface area contributed by atoms with Crippen LogP contribution in [-0.4, -0.2) is 10.9 Å². The first-order chi connectivity index (χ1) is 9.84. The summed E-state index contributed by atoms with van der Waals surface area (Å²) in [6, 6.07) is 4.51. The van der Waals surface area contributed by atoms with Crippen LogP contribution >= 0.6 is 0 Å². The average molecular weight is 298 g/mol. The zero-order valence-corrected chi connectivity index (χ0v) is 11.2. The highest BCUT2D eigenvalue weighted by atomic mass is 19.4. The second-order valence-electron chi connectivity index (χ2n) is 4.48. The summed E-state index contributed by atoms with van der Waals surface area (Å²) in [5.41, 5.74) is -0.0507. The van der Waals surface area contributed by atoms with Gasteiger partial charge in [-0.2, -0.15) is 13.2 Å². The number of amides is 1. The van der Waals surface area contributed by atoms with Crippen LogP contribution in [0.25, 0.3) is 0 Å². The predicted octanol–water partition coefficient (Wildman–Crippen LogP) is 3.57. The second kappa shape index (κ2) is 5.99. The number of nitrogens with one attached hydrogen (secondary N) is 1. The van der Waals surface area contributed by atoms with Crippen molar-refractivity contribution in [3.05, 3.63) is 47.7 Å². The number of aryl methyl sites for hydroxylation is 2. The van der Waals surface area contributed by atoms with Gasteiger partial charge in [0.25, 0.3) is 0 Å². The summed E-state index contributed by atoms with van der Waals surface area (Å²) in [4.78, 5) is 15.7. The van der Waals surface area contributed by atoms with Crippen LogP contribution in [0.5, 0.6) is 0 Å². The van der Waals surface area contributed by atoms with Crippen LogP contribution < -0.4 is 5.32 Å². The first-order valence-corrected chi connectivity index (χ1v) is 6.23. The fourth-order valence-corrected chi connectivity index (χ4v) is 1.76. The van der Waals surface area contributed by atoms with Crippen molar-refractivity contribution in [3.8, 4) is 0 Å². The first kappa shape index (κ1) is 15.1. The minimum atomic E-state index is -4.43. The van der Waals surface area contributed by atoms with Crippen molar-refractivity contribution in [2.24, 2.45) is 0 Å². The molecule has 2 aromatic rings. The molecule has 1 aromatic carbocycles. The van der Waals surface area contributed by atoms with Crippen molar-refractivity contribution < 1.29 is 22.4 Å². The number of nitrogens with zero attached hydrogens (tertiary/aromatic N) is 1. The molecule has 4 nitrogen and oxygen atoms in total. The maximum absolute atomic E-state index is 12.5. The van der Waals surface area contributed by atoms with E-state index in [2.05, 4.69) is 10.3 Å². The van der Waals surface area contributed by atoms with E-state index in [0.29, 0.717) is 18.0 Å². The summed E-state index contributed by atoms with van der Waals surface area (Å²) < 4.78 is 42.6. The summed E-state index contributed by atoms with van der Waals surface area (Å²) in [5, 5.41) is 2.43. The first-order valence-electron chi connectivity index (χ1n) is 6.23. The zero-order chi connectivity index (χ0) is 15.5. The van der Waals surface area contributed by atoms with E-state index in [1.807, 2.05) is 0 Å². The molecular weight excluding hydrogens is 285 g/mol. The van der Waals surface area contributed by atoms with E-state index in [-0.39, 0.29) is 18.0 Å². The molecule has 7 heteroatoms. The molecular formula is C14H13F3N2O2. The number of halogens is 3. The standard InChI is InChI=1S/C14H13F3N2O2/c1-9-18-12(8-21-9)5-6-13(20)19-11-4-2-3-10(7-11)14(15,16)17/h2-4,7-8H,5-6H2,1H3,(H,19,20). The van der Waals surface area contributed by atoms with Gasteiger partial charge in [-0.25, -0.2) is 4.98 Å². The number of anilines is 1. The van der Waals surface area contributed by atoms with Crippen molar-refractivity contribution in [3.63, 3.8) is 0 Å². The Morgan fingerprint density at radius 3 is 2.76 bits per heavy atom. The van der Waals surface area contributed by atoms with Crippen LogP contribution in [0.15, 0.2) is 34.9 Å². The Labute approximate surface area is 119 Å². The monoisotopic (exact) mass is 298 g/mol.